The third-order valence-electron chi connectivity index (χ3n) is 2.80. The molecule has 0 aliphatic rings. The summed E-state index contributed by atoms with van der Waals surface area (Å²) in [4.78, 5) is 27.3. The first-order valence-electron chi connectivity index (χ1n) is 5.80. The second kappa shape index (κ2) is 5.70. The average molecular weight is 291 g/mol. The molecule has 1 heterocycles. The summed E-state index contributed by atoms with van der Waals surface area (Å²) in [6.07, 6.45) is 1.55. The third kappa shape index (κ3) is 2.94. The van der Waals surface area contributed by atoms with E-state index in [1.54, 1.807) is 41.9 Å². The predicted molar refractivity (Wildman–Crippen MR) is 75.7 cm³/mol. The summed E-state index contributed by atoms with van der Waals surface area (Å²) in [5.41, 5.74) is -1.02. The maximum atomic E-state index is 11.9. The molecule has 0 fully saturated rings. The van der Waals surface area contributed by atoms with E-state index in [-0.39, 0.29) is 0 Å². The minimum absolute atomic E-state index is 0.406. The van der Waals surface area contributed by atoms with Gasteiger partial charge in [-0.1, -0.05) is 30.3 Å². The fraction of sp³-hybridized carbons (Fsp3) is 0.154. The van der Waals surface area contributed by atoms with Gasteiger partial charge in [-0.3, -0.25) is 5.32 Å². The molecule has 2 rings (SSSR count). The lowest BCUT2D eigenvalue weighted by molar-refractivity contribution is -0.144. The number of hydrogen-bond acceptors (Lipinski definition) is 4. The highest BCUT2D eigenvalue weighted by Gasteiger charge is 2.36. The number of carboxylic acids is 1. The van der Waals surface area contributed by atoms with Crippen molar-refractivity contribution in [3.8, 4) is 0 Å². The summed E-state index contributed by atoms with van der Waals surface area (Å²) in [7, 11) is 0. The highest BCUT2D eigenvalue weighted by molar-refractivity contribution is 7.13. The topological polar surface area (TPSA) is 91.3 Å². The Kier molecular flexibility index (Phi) is 3.99. The molecule has 1 aromatic carbocycles. The van der Waals surface area contributed by atoms with Crippen LogP contribution in [0.4, 0.5) is 9.93 Å². The van der Waals surface area contributed by atoms with Crippen molar-refractivity contribution in [2.45, 2.75) is 12.5 Å². The molecule has 3 N–H and O–H groups in total. The predicted octanol–water partition coefficient (Wildman–Crippen LogP) is 2.26. The molecule has 0 bridgehead atoms. The number of carboxylic acid groups (broad SMARTS) is 1. The number of carbonyl (C=O) groups excluding carboxylic acids is 1. The van der Waals surface area contributed by atoms with Crippen LogP contribution in [0.15, 0.2) is 41.9 Å². The van der Waals surface area contributed by atoms with Crippen LogP contribution in [0.25, 0.3) is 0 Å². The molecule has 0 saturated carbocycles. The van der Waals surface area contributed by atoms with Gasteiger partial charge in [-0.2, -0.15) is 0 Å². The van der Waals surface area contributed by atoms with Crippen LogP contribution in [-0.4, -0.2) is 22.1 Å². The lowest BCUT2D eigenvalue weighted by Gasteiger charge is -2.26. The van der Waals surface area contributed by atoms with Crippen LogP contribution >= 0.6 is 11.3 Å². The largest absolute Gasteiger partial charge is 0.479 e. The molecule has 1 aromatic heterocycles. The van der Waals surface area contributed by atoms with E-state index in [2.05, 4.69) is 15.6 Å². The van der Waals surface area contributed by atoms with E-state index in [4.69, 9.17) is 0 Å². The standard InChI is InChI=1S/C13H13N3O3S/c1-13(10(17)18,9-5-3-2-4-6-9)16-11(19)15-12-14-7-8-20-12/h2-8H,1H3,(H,17,18)(H2,14,15,16,19). The summed E-state index contributed by atoms with van der Waals surface area (Å²) in [5.74, 6) is -1.14. The molecule has 0 saturated heterocycles. The number of aliphatic carboxylic acids is 1. The summed E-state index contributed by atoms with van der Waals surface area (Å²) in [6.45, 7) is 1.44. The Bertz CT molecular complexity index is 601. The maximum Gasteiger partial charge on any atom is 0.333 e. The molecule has 1 atom stereocenters. The van der Waals surface area contributed by atoms with Gasteiger partial charge in [-0.15, -0.1) is 11.3 Å². The van der Waals surface area contributed by atoms with E-state index in [1.807, 2.05) is 0 Å². The fourth-order valence-corrected chi connectivity index (χ4v) is 2.19. The molecule has 6 nitrogen and oxygen atoms in total. The normalized spacial score (nSPS) is 13.2. The number of urea groups is 1. The highest BCUT2D eigenvalue weighted by Crippen LogP contribution is 2.21. The quantitative estimate of drug-likeness (QED) is 0.805. The van der Waals surface area contributed by atoms with Crippen molar-refractivity contribution in [1.29, 1.82) is 0 Å². The number of benzene rings is 1. The summed E-state index contributed by atoms with van der Waals surface area (Å²) in [5, 5.41) is 16.5. The van der Waals surface area contributed by atoms with E-state index in [0.717, 1.165) is 0 Å². The van der Waals surface area contributed by atoms with Crippen molar-refractivity contribution >= 4 is 28.5 Å². The van der Waals surface area contributed by atoms with Crippen LogP contribution in [0.3, 0.4) is 0 Å². The Morgan fingerprint density at radius 1 is 1.30 bits per heavy atom. The molecular weight excluding hydrogens is 278 g/mol. The molecule has 0 spiro atoms. The zero-order chi connectivity index (χ0) is 14.6. The summed E-state index contributed by atoms with van der Waals surface area (Å²) < 4.78 is 0. The van der Waals surface area contributed by atoms with Crippen LogP contribution in [-0.2, 0) is 10.3 Å². The summed E-state index contributed by atoms with van der Waals surface area (Å²) >= 11 is 1.25. The van der Waals surface area contributed by atoms with Crippen molar-refractivity contribution in [2.75, 3.05) is 5.32 Å². The van der Waals surface area contributed by atoms with Crippen LogP contribution in [0.2, 0.25) is 0 Å². The number of aromatic nitrogens is 1. The van der Waals surface area contributed by atoms with Crippen LogP contribution < -0.4 is 10.6 Å². The number of hydrogen-bond donors (Lipinski definition) is 3. The lowest BCUT2D eigenvalue weighted by Crippen LogP contribution is -2.51. The van der Waals surface area contributed by atoms with Gasteiger partial charge >= 0.3 is 12.0 Å². The number of anilines is 1. The SMILES string of the molecule is CC(NC(=O)Nc1nccs1)(C(=O)O)c1ccccc1. The summed E-state index contributed by atoms with van der Waals surface area (Å²) in [6, 6.07) is 7.90. The van der Waals surface area contributed by atoms with E-state index < -0.39 is 17.5 Å². The second-order valence-electron chi connectivity index (χ2n) is 4.21. The van der Waals surface area contributed by atoms with Gasteiger partial charge in [-0.05, 0) is 12.5 Å². The number of carbonyl (C=O) groups is 2. The van der Waals surface area contributed by atoms with Gasteiger partial charge in [0.05, 0.1) is 0 Å². The molecule has 1 unspecified atom stereocenters. The molecule has 7 heteroatoms. The van der Waals surface area contributed by atoms with Gasteiger partial charge in [0.15, 0.2) is 10.7 Å². The van der Waals surface area contributed by atoms with Crippen molar-refractivity contribution in [2.24, 2.45) is 0 Å². The van der Waals surface area contributed by atoms with E-state index in [1.165, 1.54) is 18.3 Å². The zero-order valence-electron chi connectivity index (χ0n) is 10.7. The molecule has 2 aromatic rings. The zero-order valence-corrected chi connectivity index (χ0v) is 11.5. The minimum Gasteiger partial charge on any atom is -0.479 e. The first-order valence-corrected chi connectivity index (χ1v) is 6.68. The fourth-order valence-electron chi connectivity index (χ4n) is 1.66. The van der Waals surface area contributed by atoms with Crippen molar-refractivity contribution in [1.82, 2.24) is 10.3 Å². The average Bonchev–Trinajstić information content (AvgIpc) is 2.92. The van der Waals surface area contributed by atoms with Gasteiger partial charge < -0.3 is 10.4 Å². The molecular formula is C13H13N3O3S. The third-order valence-corrected chi connectivity index (χ3v) is 3.48. The van der Waals surface area contributed by atoms with Gasteiger partial charge in [0.1, 0.15) is 0 Å². The smallest absolute Gasteiger partial charge is 0.333 e. The Morgan fingerprint density at radius 3 is 2.55 bits per heavy atom. The van der Waals surface area contributed by atoms with Crippen molar-refractivity contribution in [3.05, 3.63) is 47.5 Å². The molecule has 2 amide bonds. The molecule has 0 aliphatic heterocycles. The van der Waals surface area contributed by atoms with E-state index in [0.29, 0.717) is 10.7 Å². The Labute approximate surface area is 119 Å². The molecule has 20 heavy (non-hydrogen) atoms. The first-order chi connectivity index (χ1) is 9.52. The molecule has 0 radical (unpaired) electrons. The Balaban J connectivity index is 2.18. The monoisotopic (exact) mass is 291 g/mol. The number of nitrogens with zero attached hydrogens (tertiary/aromatic N) is 1. The first kappa shape index (κ1) is 14.0. The number of rotatable bonds is 4. The number of nitrogens with one attached hydrogen (secondary N) is 2. The van der Waals surface area contributed by atoms with Crippen LogP contribution in [0, 0.1) is 0 Å². The Hall–Kier alpha value is -2.41. The molecule has 104 valence electrons. The maximum absolute atomic E-state index is 11.9. The van der Waals surface area contributed by atoms with Crippen molar-refractivity contribution < 1.29 is 14.7 Å². The second-order valence-corrected chi connectivity index (χ2v) is 5.11. The number of amides is 2. The number of thiazole rings is 1. The van der Waals surface area contributed by atoms with E-state index >= 15 is 0 Å². The van der Waals surface area contributed by atoms with Crippen LogP contribution in [0.5, 0.6) is 0 Å². The highest BCUT2D eigenvalue weighted by atomic mass is 32.1. The van der Waals surface area contributed by atoms with Gasteiger partial charge in [0.2, 0.25) is 0 Å². The van der Waals surface area contributed by atoms with Gasteiger partial charge in [0, 0.05) is 11.6 Å². The molecule has 0 aliphatic carbocycles. The van der Waals surface area contributed by atoms with Crippen LogP contribution in [0.1, 0.15) is 12.5 Å². The van der Waals surface area contributed by atoms with Gasteiger partial charge in [0.25, 0.3) is 0 Å². The van der Waals surface area contributed by atoms with E-state index in [9.17, 15) is 14.7 Å². The van der Waals surface area contributed by atoms with Crippen molar-refractivity contribution in [3.63, 3.8) is 0 Å². The lowest BCUT2D eigenvalue weighted by atomic mass is 9.92. The minimum atomic E-state index is -1.51. The van der Waals surface area contributed by atoms with Gasteiger partial charge in [-0.25, -0.2) is 14.6 Å². The Morgan fingerprint density at radius 2 is 2.00 bits per heavy atom.